The van der Waals surface area contributed by atoms with E-state index in [1.54, 1.807) is 37.3 Å². The first-order chi connectivity index (χ1) is 17.5. The van der Waals surface area contributed by atoms with Crippen molar-refractivity contribution >= 4 is 46.4 Å². The van der Waals surface area contributed by atoms with Crippen LogP contribution < -0.4 is 16.1 Å². The molecule has 0 saturated carbocycles. The monoisotopic (exact) mass is 549 g/mol. The number of aryl methyl sites for hydroxylation is 1. The van der Waals surface area contributed by atoms with Gasteiger partial charge < -0.3 is 10.6 Å². The van der Waals surface area contributed by atoms with Crippen molar-refractivity contribution in [2.45, 2.75) is 18.7 Å². The van der Waals surface area contributed by atoms with E-state index in [0.717, 1.165) is 18.2 Å². The number of carbonyl (C=O) groups is 2. The first kappa shape index (κ1) is 26.5. The molecule has 0 aromatic heterocycles. The van der Waals surface area contributed by atoms with E-state index in [9.17, 15) is 22.8 Å². The van der Waals surface area contributed by atoms with Crippen LogP contribution >= 0.6 is 23.2 Å². The molecule has 2 amide bonds. The maximum absolute atomic E-state index is 14.2. The maximum atomic E-state index is 14.2. The van der Waals surface area contributed by atoms with Crippen LogP contribution in [-0.4, -0.2) is 24.5 Å². The molecule has 1 heterocycles. The number of hydrogen-bond donors (Lipinski definition) is 3. The minimum absolute atomic E-state index is 0.0280. The van der Waals surface area contributed by atoms with Crippen LogP contribution in [0.1, 0.15) is 27.0 Å². The van der Waals surface area contributed by atoms with Gasteiger partial charge in [0.05, 0.1) is 12.2 Å². The van der Waals surface area contributed by atoms with Crippen LogP contribution in [0.2, 0.25) is 10.0 Å². The Labute approximate surface area is 220 Å². The van der Waals surface area contributed by atoms with Gasteiger partial charge in [0.15, 0.2) is 0 Å². The number of anilines is 1. The van der Waals surface area contributed by atoms with Crippen molar-refractivity contribution < 1.29 is 27.6 Å². The lowest BCUT2D eigenvalue weighted by atomic mass is 9.91. The summed E-state index contributed by atoms with van der Waals surface area (Å²) in [6, 6.07) is 16.8. The van der Waals surface area contributed by atoms with E-state index in [1.165, 1.54) is 18.2 Å². The third-order valence-electron chi connectivity index (χ3n) is 5.63. The predicted octanol–water partition coefficient (Wildman–Crippen LogP) is 6.00. The summed E-state index contributed by atoms with van der Waals surface area (Å²) in [6.45, 7) is 1.37. The van der Waals surface area contributed by atoms with Crippen molar-refractivity contribution in [1.82, 2.24) is 10.8 Å². The number of alkyl halides is 3. The highest BCUT2D eigenvalue weighted by molar-refractivity contribution is 6.34. The number of benzene rings is 3. The van der Waals surface area contributed by atoms with E-state index in [2.05, 4.69) is 16.1 Å². The van der Waals surface area contributed by atoms with Crippen molar-refractivity contribution in [3.63, 3.8) is 0 Å². The largest absolute Gasteiger partial charge is 0.428 e. The second-order valence-electron chi connectivity index (χ2n) is 8.28. The van der Waals surface area contributed by atoms with Gasteiger partial charge in [-0.15, -0.1) is 0 Å². The lowest BCUT2D eigenvalue weighted by Gasteiger charge is -2.28. The molecule has 1 unspecified atom stereocenters. The van der Waals surface area contributed by atoms with Crippen LogP contribution in [0, 0.1) is 6.92 Å². The molecule has 0 spiro atoms. The maximum Gasteiger partial charge on any atom is 0.428 e. The van der Waals surface area contributed by atoms with E-state index in [4.69, 9.17) is 28.0 Å². The van der Waals surface area contributed by atoms with Gasteiger partial charge in [0, 0.05) is 26.9 Å². The highest BCUT2D eigenvalue weighted by Gasteiger charge is 2.59. The molecule has 1 aliphatic rings. The predicted molar refractivity (Wildman–Crippen MR) is 135 cm³/mol. The summed E-state index contributed by atoms with van der Waals surface area (Å²) < 4.78 is 42.6. The van der Waals surface area contributed by atoms with Crippen molar-refractivity contribution in [1.29, 1.82) is 0 Å². The molecule has 0 bridgehead atoms. The molecule has 192 valence electrons. The summed E-state index contributed by atoms with van der Waals surface area (Å²) in [5.74, 6) is -0.911. The standard InChI is InChI=1S/C26H20Cl2F3N3O3/c1-15-9-16(7-8-21(15)24(36)32-14-23(35)33-20-5-3-2-4-6-20)22-13-25(37-34-22,26(29,30)31)17-10-18(27)12-19(28)11-17/h2-13,34H,14H2,1H3,(H,32,36)(H,33,35). The topological polar surface area (TPSA) is 79.5 Å². The molecule has 11 heteroatoms. The van der Waals surface area contributed by atoms with Crippen molar-refractivity contribution in [3.8, 4) is 0 Å². The Morgan fingerprint density at radius 2 is 1.68 bits per heavy atom. The highest BCUT2D eigenvalue weighted by Crippen LogP contribution is 2.48. The summed E-state index contributed by atoms with van der Waals surface area (Å²) >= 11 is 11.9. The number of rotatable bonds is 6. The van der Waals surface area contributed by atoms with E-state index in [-0.39, 0.29) is 33.4 Å². The molecule has 1 atom stereocenters. The average Bonchev–Trinajstić information content (AvgIpc) is 3.30. The summed E-state index contributed by atoms with van der Waals surface area (Å²) in [5, 5.41) is 5.25. The van der Waals surface area contributed by atoms with Gasteiger partial charge in [-0.25, -0.2) is 0 Å². The van der Waals surface area contributed by atoms with Gasteiger partial charge in [-0.3, -0.25) is 19.9 Å². The zero-order valence-corrected chi connectivity index (χ0v) is 20.8. The second kappa shape index (κ2) is 10.5. The molecule has 0 aliphatic carbocycles. The van der Waals surface area contributed by atoms with Gasteiger partial charge >= 0.3 is 6.18 Å². The van der Waals surface area contributed by atoms with Crippen LogP contribution in [0.4, 0.5) is 18.9 Å². The third-order valence-corrected chi connectivity index (χ3v) is 6.07. The van der Waals surface area contributed by atoms with Gasteiger partial charge in [-0.05, 0) is 66.6 Å². The Balaban J connectivity index is 1.52. The van der Waals surface area contributed by atoms with Crippen molar-refractivity contribution in [2.24, 2.45) is 0 Å². The molecule has 4 rings (SSSR count). The van der Waals surface area contributed by atoms with Crippen LogP contribution in [0.3, 0.4) is 0 Å². The minimum Gasteiger partial charge on any atom is -0.343 e. The Morgan fingerprint density at radius 1 is 1.00 bits per heavy atom. The molecular formula is C26H20Cl2F3N3O3. The molecule has 0 radical (unpaired) electrons. The van der Waals surface area contributed by atoms with Crippen molar-refractivity contribution in [2.75, 3.05) is 11.9 Å². The molecule has 1 aliphatic heterocycles. The quantitative estimate of drug-likeness (QED) is 0.352. The van der Waals surface area contributed by atoms with Gasteiger partial charge in [0.1, 0.15) is 0 Å². The van der Waals surface area contributed by atoms with Crippen LogP contribution in [-0.2, 0) is 15.2 Å². The lowest BCUT2D eigenvalue weighted by Crippen LogP contribution is -2.42. The molecule has 6 nitrogen and oxygen atoms in total. The lowest BCUT2D eigenvalue weighted by molar-refractivity contribution is -0.269. The number of halogens is 5. The van der Waals surface area contributed by atoms with E-state index < -0.39 is 23.6 Å². The number of carbonyl (C=O) groups excluding carboxylic acids is 2. The Bertz CT molecular complexity index is 1360. The third kappa shape index (κ3) is 5.74. The fraction of sp³-hybridized carbons (Fsp3) is 0.154. The number of nitrogens with one attached hydrogen (secondary N) is 3. The molecular weight excluding hydrogens is 530 g/mol. The number of hydrogen-bond acceptors (Lipinski definition) is 4. The second-order valence-corrected chi connectivity index (χ2v) is 9.15. The molecule has 3 N–H and O–H groups in total. The fourth-order valence-electron chi connectivity index (χ4n) is 3.82. The zero-order chi connectivity index (χ0) is 26.8. The van der Waals surface area contributed by atoms with Gasteiger partial charge in [0.2, 0.25) is 11.5 Å². The zero-order valence-electron chi connectivity index (χ0n) is 19.2. The van der Waals surface area contributed by atoms with Gasteiger partial charge in [0.25, 0.3) is 5.91 Å². The van der Waals surface area contributed by atoms with Crippen LogP contribution in [0.5, 0.6) is 0 Å². The SMILES string of the molecule is Cc1cc(C2=CC(c3cc(Cl)cc(Cl)c3)(C(F)(F)F)ON2)ccc1C(=O)NCC(=O)Nc1ccccc1. The van der Waals surface area contributed by atoms with Gasteiger partial charge in [-0.1, -0.05) is 47.5 Å². The van der Waals surface area contributed by atoms with E-state index in [0.29, 0.717) is 16.8 Å². The minimum atomic E-state index is -4.84. The highest BCUT2D eigenvalue weighted by atomic mass is 35.5. The number of para-hydroxylation sites is 1. The Hall–Kier alpha value is -3.53. The normalized spacial score (nSPS) is 17.1. The molecule has 3 aromatic rings. The van der Waals surface area contributed by atoms with E-state index in [1.807, 2.05) is 6.07 Å². The smallest absolute Gasteiger partial charge is 0.343 e. The number of amides is 2. The van der Waals surface area contributed by atoms with Crippen LogP contribution in [0.15, 0.2) is 72.8 Å². The summed E-state index contributed by atoms with van der Waals surface area (Å²) in [6.07, 6.45) is -3.94. The fourth-order valence-corrected chi connectivity index (χ4v) is 4.35. The van der Waals surface area contributed by atoms with Crippen molar-refractivity contribution in [3.05, 3.63) is 105 Å². The Morgan fingerprint density at radius 3 is 2.30 bits per heavy atom. The summed E-state index contributed by atoms with van der Waals surface area (Å²) in [4.78, 5) is 29.8. The molecule has 3 aromatic carbocycles. The van der Waals surface area contributed by atoms with Crippen LogP contribution in [0.25, 0.3) is 5.70 Å². The molecule has 0 fully saturated rings. The van der Waals surface area contributed by atoms with E-state index >= 15 is 0 Å². The average molecular weight is 550 g/mol. The molecule has 0 saturated heterocycles. The summed E-state index contributed by atoms with van der Waals surface area (Å²) in [5.41, 5.74) is 0.976. The first-order valence-corrected chi connectivity index (χ1v) is 11.7. The Kier molecular flexibility index (Phi) is 7.49. The number of hydroxylamine groups is 1. The summed E-state index contributed by atoms with van der Waals surface area (Å²) in [7, 11) is 0. The van der Waals surface area contributed by atoms with Gasteiger partial charge in [-0.2, -0.15) is 13.2 Å². The molecule has 37 heavy (non-hydrogen) atoms. The first-order valence-electron chi connectivity index (χ1n) is 10.9.